The van der Waals surface area contributed by atoms with Crippen LogP contribution in [0.2, 0.25) is 0 Å². The van der Waals surface area contributed by atoms with Crippen LogP contribution in [0.3, 0.4) is 0 Å². The van der Waals surface area contributed by atoms with Gasteiger partial charge >= 0.3 is 0 Å². The molecule has 1 aliphatic carbocycles. The van der Waals surface area contributed by atoms with Gasteiger partial charge in [-0.1, -0.05) is 13.0 Å². The Morgan fingerprint density at radius 2 is 1.90 bits per heavy atom. The molecule has 29 heavy (non-hydrogen) atoms. The van der Waals surface area contributed by atoms with E-state index in [2.05, 4.69) is 6.92 Å². The molecule has 0 N–H and O–H groups in total. The van der Waals surface area contributed by atoms with Crippen molar-refractivity contribution in [3.05, 3.63) is 29.8 Å². The minimum absolute atomic E-state index is 0.0416. The van der Waals surface area contributed by atoms with Gasteiger partial charge in [0.25, 0.3) is 5.91 Å². The van der Waals surface area contributed by atoms with Crippen LogP contribution in [0.25, 0.3) is 0 Å². The van der Waals surface area contributed by atoms with Crippen LogP contribution in [0, 0.1) is 5.92 Å². The number of morpholine rings is 1. The Hall–Kier alpha value is -2.12. The topological polar surface area (TPSA) is 68.3 Å². The molecule has 2 heterocycles. The summed E-state index contributed by atoms with van der Waals surface area (Å²) in [4.78, 5) is 30.5. The predicted molar refractivity (Wildman–Crippen MR) is 107 cm³/mol. The lowest BCUT2D eigenvalue weighted by Gasteiger charge is -2.43. The summed E-state index contributed by atoms with van der Waals surface area (Å²) < 4.78 is 16.9. The molecule has 0 aromatic heterocycles. The maximum Gasteiger partial charge on any atom is 0.257 e. The number of rotatable bonds is 3. The Morgan fingerprint density at radius 3 is 2.59 bits per heavy atom. The molecule has 1 saturated carbocycles. The number of hydrogen-bond donors (Lipinski definition) is 0. The van der Waals surface area contributed by atoms with Gasteiger partial charge in [-0.15, -0.1) is 0 Å². The lowest BCUT2D eigenvalue weighted by Crippen LogP contribution is -2.58. The van der Waals surface area contributed by atoms with Crippen LogP contribution >= 0.6 is 0 Å². The van der Waals surface area contributed by atoms with Gasteiger partial charge in [0.1, 0.15) is 17.5 Å². The Bertz CT molecular complexity index is 753. The first-order valence-electron chi connectivity index (χ1n) is 10.5. The Labute approximate surface area is 171 Å². The van der Waals surface area contributed by atoms with Crippen LogP contribution in [0.4, 0.5) is 0 Å². The second kappa shape index (κ2) is 8.32. The predicted octanol–water partition coefficient (Wildman–Crippen LogP) is 2.30. The average Bonchev–Trinajstić information content (AvgIpc) is 3.14. The smallest absolute Gasteiger partial charge is 0.257 e. The third kappa shape index (κ3) is 3.85. The summed E-state index contributed by atoms with van der Waals surface area (Å²) in [5.41, 5.74) is -0.174. The van der Waals surface area contributed by atoms with E-state index in [0.29, 0.717) is 43.5 Å². The van der Waals surface area contributed by atoms with E-state index in [9.17, 15) is 9.59 Å². The van der Waals surface area contributed by atoms with Crippen LogP contribution in [-0.4, -0.2) is 73.4 Å². The zero-order valence-electron chi connectivity index (χ0n) is 17.3. The van der Waals surface area contributed by atoms with Crippen LogP contribution in [0.5, 0.6) is 5.75 Å². The molecule has 0 unspecified atom stereocenters. The molecule has 2 aliphatic heterocycles. The van der Waals surface area contributed by atoms with Crippen molar-refractivity contribution in [2.24, 2.45) is 5.92 Å². The maximum atomic E-state index is 13.7. The van der Waals surface area contributed by atoms with Gasteiger partial charge in [-0.05, 0) is 49.8 Å². The molecule has 158 valence electrons. The normalized spacial score (nSPS) is 29.9. The van der Waals surface area contributed by atoms with E-state index in [1.54, 1.807) is 35.1 Å². The summed E-state index contributed by atoms with van der Waals surface area (Å²) in [6, 6.07) is 6.53. The van der Waals surface area contributed by atoms with E-state index in [1.807, 2.05) is 6.07 Å². The summed E-state index contributed by atoms with van der Waals surface area (Å²) in [6.45, 7) is 4.66. The highest BCUT2D eigenvalue weighted by Crippen LogP contribution is 2.43. The standard InChI is InChI=1S/C22H30N2O5/c1-16-6-8-22(9-7-16)24(20(25)17-4-3-5-18(14-17)27-2)19(15-29-22)21(26)23-10-12-28-13-11-23/h3-5,14,16,19H,6-13,15H2,1-2H3/t16?,19-,22?/m0/s1. The monoisotopic (exact) mass is 402 g/mol. The third-order valence-corrected chi connectivity index (χ3v) is 6.46. The first kappa shape index (κ1) is 20.2. The number of hydrogen-bond acceptors (Lipinski definition) is 5. The second-order valence-electron chi connectivity index (χ2n) is 8.30. The largest absolute Gasteiger partial charge is 0.497 e. The summed E-state index contributed by atoms with van der Waals surface area (Å²) in [6.07, 6.45) is 3.49. The van der Waals surface area contributed by atoms with Crippen molar-refractivity contribution in [3.8, 4) is 5.75 Å². The SMILES string of the molecule is COc1cccc(C(=O)N2[C@H](C(=O)N3CCOCC3)COC23CCC(C)CC3)c1. The highest BCUT2D eigenvalue weighted by Gasteiger charge is 2.54. The van der Waals surface area contributed by atoms with Gasteiger partial charge in [0, 0.05) is 18.7 Å². The highest BCUT2D eigenvalue weighted by molar-refractivity contribution is 5.98. The fourth-order valence-corrected chi connectivity index (χ4v) is 4.66. The number of ether oxygens (including phenoxy) is 3. The zero-order valence-corrected chi connectivity index (χ0v) is 17.3. The van der Waals surface area contributed by atoms with Crippen LogP contribution in [-0.2, 0) is 14.3 Å². The van der Waals surface area contributed by atoms with Crippen LogP contribution < -0.4 is 4.74 Å². The van der Waals surface area contributed by atoms with Gasteiger partial charge in [0.05, 0.1) is 26.9 Å². The summed E-state index contributed by atoms with van der Waals surface area (Å²) in [5.74, 6) is 1.02. The fourth-order valence-electron chi connectivity index (χ4n) is 4.66. The van der Waals surface area contributed by atoms with Gasteiger partial charge in [-0.2, -0.15) is 0 Å². The van der Waals surface area contributed by atoms with Crippen molar-refractivity contribution in [1.82, 2.24) is 9.80 Å². The maximum absolute atomic E-state index is 13.7. The Morgan fingerprint density at radius 1 is 1.17 bits per heavy atom. The lowest BCUT2D eigenvalue weighted by molar-refractivity contribution is -0.141. The van der Waals surface area contributed by atoms with E-state index >= 15 is 0 Å². The van der Waals surface area contributed by atoms with Crippen LogP contribution in [0.1, 0.15) is 43.0 Å². The average molecular weight is 402 g/mol. The number of amides is 2. The molecule has 1 aromatic carbocycles. The van der Waals surface area contributed by atoms with E-state index in [0.717, 1.165) is 25.7 Å². The Balaban J connectivity index is 1.65. The zero-order chi connectivity index (χ0) is 20.4. The van der Waals surface area contributed by atoms with Crippen LogP contribution in [0.15, 0.2) is 24.3 Å². The van der Waals surface area contributed by atoms with Crippen molar-refractivity contribution in [2.45, 2.75) is 44.4 Å². The lowest BCUT2D eigenvalue weighted by atomic mass is 9.83. The second-order valence-corrected chi connectivity index (χ2v) is 8.30. The molecule has 1 spiro atoms. The molecule has 3 aliphatic rings. The molecular formula is C22H30N2O5. The van der Waals surface area contributed by atoms with Gasteiger partial charge in [0.15, 0.2) is 0 Å². The fraction of sp³-hybridized carbons (Fsp3) is 0.636. The quantitative estimate of drug-likeness (QED) is 0.776. The van der Waals surface area contributed by atoms with Gasteiger partial charge in [0.2, 0.25) is 5.91 Å². The molecule has 0 bridgehead atoms. The van der Waals surface area contributed by atoms with E-state index in [-0.39, 0.29) is 18.4 Å². The molecule has 2 amide bonds. The first-order valence-corrected chi connectivity index (χ1v) is 10.5. The molecule has 4 rings (SSSR count). The number of carbonyl (C=O) groups is 2. The van der Waals surface area contributed by atoms with E-state index in [1.165, 1.54) is 0 Å². The van der Waals surface area contributed by atoms with E-state index < -0.39 is 11.8 Å². The minimum Gasteiger partial charge on any atom is -0.497 e. The molecule has 1 aromatic rings. The van der Waals surface area contributed by atoms with Gasteiger partial charge in [-0.25, -0.2) is 0 Å². The first-order chi connectivity index (χ1) is 14.0. The molecule has 3 fully saturated rings. The van der Waals surface area contributed by atoms with Crippen molar-refractivity contribution in [1.29, 1.82) is 0 Å². The molecule has 0 radical (unpaired) electrons. The summed E-state index contributed by atoms with van der Waals surface area (Å²) in [7, 11) is 1.58. The number of benzene rings is 1. The van der Waals surface area contributed by atoms with Crippen molar-refractivity contribution < 1.29 is 23.8 Å². The number of carbonyl (C=O) groups excluding carboxylic acids is 2. The van der Waals surface area contributed by atoms with Crippen molar-refractivity contribution in [3.63, 3.8) is 0 Å². The molecule has 7 heteroatoms. The number of nitrogens with zero attached hydrogens (tertiary/aromatic N) is 2. The molecule has 7 nitrogen and oxygen atoms in total. The molecule has 2 saturated heterocycles. The third-order valence-electron chi connectivity index (χ3n) is 6.46. The summed E-state index contributed by atoms with van der Waals surface area (Å²) in [5, 5.41) is 0. The van der Waals surface area contributed by atoms with Gasteiger partial charge < -0.3 is 19.1 Å². The van der Waals surface area contributed by atoms with Gasteiger partial charge in [-0.3, -0.25) is 14.5 Å². The number of methoxy groups -OCH3 is 1. The summed E-state index contributed by atoms with van der Waals surface area (Å²) >= 11 is 0. The molecular weight excluding hydrogens is 372 g/mol. The van der Waals surface area contributed by atoms with Crippen molar-refractivity contribution in [2.75, 3.05) is 40.0 Å². The highest BCUT2D eigenvalue weighted by atomic mass is 16.5. The molecule has 1 atom stereocenters. The minimum atomic E-state index is -0.695. The Kier molecular flexibility index (Phi) is 5.79. The van der Waals surface area contributed by atoms with Crippen molar-refractivity contribution >= 4 is 11.8 Å². The van der Waals surface area contributed by atoms with E-state index in [4.69, 9.17) is 14.2 Å².